The zero-order valence-corrected chi connectivity index (χ0v) is 33.6. The van der Waals surface area contributed by atoms with Crippen molar-refractivity contribution in [1.29, 1.82) is 0 Å². The molecule has 0 fully saturated rings. The van der Waals surface area contributed by atoms with Crippen molar-refractivity contribution in [3.8, 4) is 11.5 Å². The van der Waals surface area contributed by atoms with Crippen LogP contribution >= 0.6 is 16.5 Å². The van der Waals surface area contributed by atoms with Crippen molar-refractivity contribution in [2.24, 2.45) is 0 Å². The first-order chi connectivity index (χ1) is 25.5. The number of ether oxygens (including phenoxy) is 2. The molecule has 53 heavy (non-hydrogen) atoms. The molecule has 0 unspecified atom stereocenters. The molecule has 0 aliphatic carbocycles. The zero-order valence-electron chi connectivity index (χ0n) is 31.8. The van der Waals surface area contributed by atoms with E-state index in [1.807, 2.05) is 104 Å². The van der Waals surface area contributed by atoms with Crippen LogP contribution in [0.2, 0.25) is 0 Å². The molecule has 0 aliphatic heterocycles. The lowest BCUT2D eigenvalue weighted by Gasteiger charge is -2.15. The first-order valence-electron chi connectivity index (χ1n) is 18.2. The van der Waals surface area contributed by atoms with Crippen molar-refractivity contribution >= 4 is 60.4 Å². The minimum absolute atomic E-state index is 0.0415. The molecule has 6 aromatic rings. The minimum Gasteiger partial charge on any atom is -0.494 e. The Hall–Kier alpha value is -3.88. The van der Waals surface area contributed by atoms with E-state index in [1.54, 1.807) is 0 Å². The highest BCUT2D eigenvalue weighted by molar-refractivity contribution is 7.32. The van der Waals surface area contributed by atoms with Crippen molar-refractivity contribution in [2.75, 3.05) is 26.4 Å². The van der Waals surface area contributed by atoms with Gasteiger partial charge >= 0.3 is 16.5 Å². The van der Waals surface area contributed by atoms with Crippen molar-refractivity contribution < 1.29 is 45.5 Å². The molecule has 2 heterocycles. The van der Waals surface area contributed by atoms with Gasteiger partial charge in [0.15, 0.2) is 0 Å². The Labute approximate surface area is 311 Å². The summed E-state index contributed by atoms with van der Waals surface area (Å²) in [7, 11) is -3.71. The second kappa shape index (κ2) is 17.1. The van der Waals surface area contributed by atoms with Crippen LogP contribution in [0.1, 0.15) is 67.5 Å². The van der Waals surface area contributed by atoms with E-state index in [4.69, 9.17) is 35.3 Å². The molecular formula is C41H50O10P2. The molecule has 0 saturated carbocycles. The molecule has 4 aromatic carbocycles. The molecule has 2 aromatic heterocycles. The molecule has 2 N–H and O–H groups in total. The Kier molecular flexibility index (Phi) is 12.5. The third-order valence-electron chi connectivity index (χ3n) is 9.03. The molecule has 0 amide bonds. The highest BCUT2D eigenvalue weighted by Crippen LogP contribution is 2.42. The third-order valence-corrected chi connectivity index (χ3v) is 11.4. The van der Waals surface area contributed by atoms with Crippen LogP contribution in [0.25, 0.3) is 43.9 Å². The Morgan fingerprint density at radius 1 is 0.528 bits per heavy atom. The lowest BCUT2D eigenvalue weighted by Crippen LogP contribution is -2.21. The van der Waals surface area contributed by atoms with Crippen molar-refractivity contribution in [2.45, 2.75) is 86.9 Å². The Morgan fingerprint density at radius 3 is 1.21 bits per heavy atom. The monoisotopic (exact) mass is 764 g/mol. The Balaban J connectivity index is 1.35. The summed E-state index contributed by atoms with van der Waals surface area (Å²) in [6.07, 6.45) is 0.906. The summed E-state index contributed by atoms with van der Waals surface area (Å²) in [5.74, 6) is 1.50. The summed E-state index contributed by atoms with van der Waals surface area (Å²) in [4.78, 5) is 0. The highest BCUT2D eigenvalue weighted by atomic mass is 31.1. The standard InChI is InChI=1S/C41H50O10P2/c1-9-44-32-17-26(5)40-36(22-32)37-23-33(45-10-2)18-27(6)41(37)51-53(50-40)47-29(8)19-28(7)46-52-48-38-24(3)15-30(11-13-42)20-34(38)35-21-31(12-14-43)16-25(4)39(35)49-52/h15-18,20-23,28-29,42-43H,9-14,19H2,1-8H3/t28-,29-/m1/s1. The van der Waals surface area contributed by atoms with Gasteiger partial charge in [0.1, 0.15) is 33.8 Å². The highest BCUT2D eigenvalue weighted by Gasteiger charge is 2.20. The van der Waals surface area contributed by atoms with Crippen LogP contribution in [0.3, 0.4) is 0 Å². The molecule has 6 rings (SSSR count). The molecular weight excluding hydrogens is 714 g/mol. The third kappa shape index (κ3) is 8.76. The minimum atomic E-state index is -1.86. The van der Waals surface area contributed by atoms with E-state index in [1.165, 1.54) is 0 Å². The van der Waals surface area contributed by atoms with E-state index < -0.39 is 16.5 Å². The number of hydrogen-bond acceptors (Lipinski definition) is 10. The molecule has 0 spiro atoms. The smallest absolute Gasteiger partial charge is 0.387 e. The topological polar surface area (TPSA) is 130 Å². The van der Waals surface area contributed by atoms with Gasteiger partial charge in [0.2, 0.25) is 0 Å². The van der Waals surface area contributed by atoms with Gasteiger partial charge < -0.3 is 36.5 Å². The maximum Gasteiger partial charge on any atom is 0.387 e. The summed E-state index contributed by atoms with van der Waals surface area (Å²) in [6, 6.07) is 16.1. The normalized spacial score (nSPS) is 12.9. The van der Waals surface area contributed by atoms with Gasteiger partial charge in [0.25, 0.3) is 0 Å². The van der Waals surface area contributed by atoms with E-state index in [0.29, 0.717) is 54.8 Å². The number of fused-ring (bicyclic) bond motifs is 6. The SMILES string of the molecule is CCOc1cc(C)c2op(O[C@H](C)C[C@@H](C)Op3oc4c(C)cc(CCO)cc4c4cc(CCO)cc(C)c4o3)oc3c(C)cc(OCC)cc3c2c1. The summed E-state index contributed by atoms with van der Waals surface area (Å²) in [5.41, 5.74) is 8.38. The van der Waals surface area contributed by atoms with Crippen molar-refractivity contribution in [3.05, 3.63) is 81.9 Å². The summed E-state index contributed by atoms with van der Waals surface area (Å²) in [5, 5.41) is 22.8. The fourth-order valence-corrected chi connectivity index (χ4v) is 9.35. The maximum absolute atomic E-state index is 9.69. The van der Waals surface area contributed by atoms with Crippen LogP contribution in [0.4, 0.5) is 0 Å². The number of aliphatic hydroxyl groups excluding tert-OH is 2. The first-order valence-corrected chi connectivity index (χ1v) is 20.4. The summed E-state index contributed by atoms with van der Waals surface area (Å²) < 4.78 is 51.0. The molecule has 2 atom stereocenters. The van der Waals surface area contributed by atoms with E-state index in [2.05, 4.69) is 0 Å². The van der Waals surface area contributed by atoms with E-state index in [9.17, 15) is 10.2 Å². The summed E-state index contributed by atoms with van der Waals surface area (Å²) >= 11 is 0. The van der Waals surface area contributed by atoms with Crippen LogP contribution in [-0.2, 0) is 12.8 Å². The average Bonchev–Trinajstić information content (AvgIpc) is 3.34. The first kappa shape index (κ1) is 38.8. The predicted molar refractivity (Wildman–Crippen MR) is 212 cm³/mol. The number of rotatable bonds is 14. The van der Waals surface area contributed by atoms with E-state index in [-0.39, 0.29) is 25.4 Å². The Bertz CT molecular complexity index is 2020. The second-order valence-corrected chi connectivity index (χ2v) is 15.6. The predicted octanol–water partition coefficient (Wildman–Crippen LogP) is 10.7. The van der Waals surface area contributed by atoms with Crippen LogP contribution in [0.5, 0.6) is 11.5 Å². The van der Waals surface area contributed by atoms with Crippen LogP contribution in [-0.4, -0.2) is 48.8 Å². The maximum atomic E-state index is 9.69. The quantitative estimate of drug-likeness (QED) is 0.111. The zero-order chi connectivity index (χ0) is 37.8. The van der Waals surface area contributed by atoms with Crippen molar-refractivity contribution in [1.82, 2.24) is 0 Å². The molecule has 0 bridgehead atoms. The lowest BCUT2D eigenvalue weighted by atomic mass is 9.99. The average molecular weight is 765 g/mol. The summed E-state index contributed by atoms with van der Waals surface area (Å²) in [6.45, 7) is 17.0. The van der Waals surface area contributed by atoms with E-state index >= 15 is 0 Å². The lowest BCUT2D eigenvalue weighted by molar-refractivity contribution is 0.184. The fraction of sp³-hybridized carbons (Fsp3) is 0.415. The largest absolute Gasteiger partial charge is 0.494 e. The van der Waals surface area contributed by atoms with Gasteiger partial charge in [0, 0.05) is 41.2 Å². The molecule has 284 valence electrons. The molecule has 0 saturated heterocycles. The van der Waals surface area contributed by atoms with Gasteiger partial charge in [-0.15, -0.1) is 0 Å². The van der Waals surface area contributed by atoms with Crippen LogP contribution in [0, 0.1) is 27.7 Å². The fourth-order valence-electron chi connectivity index (χ4n) is 6.78. The van der Waals surface area contributed by atoms with Gasteiger partial charge in [-0.25, -0.2) is 0 Å². The number of aliphatic hydroxyl groups is 2. The molecule has 10 nitrogen and oxygen atoms in total. The Morgan fingerprint density at radius 2 is 0.868 bits per heavy atom. The molecule has 0 aliphatic rings. The van der Waals surface area contributed by atoms with Gasteiger partial charge in [-0.3, -0.25) is 9.05 Å². The number of benzene rings is 4. The number of hydrogen-bond donors (Lipinski definition) is 2. The molecule has 0 radical (unpaired) electrons. The van der Waals surface area contributed by atoms with E-state index in [0.717, 1.165) is 66.4 Å². The van der Waals surface area contributed by atoms with Crippen LogP contribution < -0.4 is 18.5 Å². The van der Waals surface area contributed by atoms with Gasteiger partial charge in [0.05, 0.1) is 25.4 Å². The van der Waals surface area contributed by atoms with Gasteiger partial charge in [-0.1, -0.05) is 12.1 Å². The van der Waals surface area contributed by atoms with Gasteiger partial charge in [-0.2, -0.15) is 0 Å². The number of aryl methyl sites for hydroxylation is 4. The molecule has 12 heteroatoms. The van der Waals surface area contributed by atoms with Crippen molar-refractivity contribution in [3.63, 3.8) is 0 Å². The van der Waals surface area contributed by atoms with Gasteiger partial charge in [-0.05, 0) is 138 Å². The van der Waals surface area contributed by atoms with Crippen LogP contribution in [0.15, 0.2) is 65.3 Å². The second-order valence-electron chi connectivity index (χ2n) is 13.5.